The van der Waals surface area contributed by atoms with E-state index in [0.717, 1.165) is 62.8 Å². The normalized spacial score (nSPS) is 16.4. The largest absolute Gasteiger partial charge is 0.379 e. The number of rotatable bonds is 9. The van der Waals surface area contributed by atoms with Crippen molar-refractivity contribution in [2.75, 3.05) is 50.0 Å². The molecule has 0 bridgehead atoms. The molecule has 1 aromatic carbocycles. The van der Waals surface area contributed by atoms with Gasteiger partial charge in [0.15, 0.2) is 0 Å². The zero-order chi connectivity index (χ0) is 22.4. The Balaban J connectivity index is 1.45. The van der Waals surface area contributed by atoms with Crippen molar-refractivity contribution in [1.82, 2.24) is 25.1 Å². The SMILES string of the molecule is C=S(N)(=O)c1ccc(Nc2ncc(-c3ccn[nH]3)c(NCCCN3CCOCC3)n2)cc1. The Morgan fingerprint density at radius 1 is 1.22 bits per heavy atom. The highest BCUT2D eigenvalue weighted by molar-refractivity contribution is 7.98. The molecule has 0 aliphatic carbocycles. The van der Waals surface area contributed by atoms with Crippen LogP contribution in [0.3, 0.4) is 0 Å². The summed E-state index contributed by atoms with van der Waals surface area (Å²) in [6.07, 6.45) is 4.44. The molecular weight excluding hydrogens is 428 g/mol. The molecule has 1 aliphatic rings. The lowest BCUT2D eigenvalue weighted by Crippen LogP contribution is -2.37. The quantitative estimate of drug-likeness (QED) is 0.282. The van der Waals surface area contributed by atoms with Crippen molar-refractivity contribution in [2.45, 2.75) is 11.3 Å². The van der Waals surface area contributed by atoms with Crippen LogP contribution < -0.4 is 15.8 Å². The summed E-state index contributed by atoms with van der Waals surface area (Å²) in [5, 5.41) is 19.2. The van der Waals surface area contributed by atoms with E-state index in [9.17, 15) is 4.21 Å². The fourth-order valence-electron chi connectivity index (χ4n) is 3.41. The first kappa shape index (κ1) is 22.2. The maximum atomic E-state index is 11.9. The Morgan fingerprint density at radius 3 is 2.69 bits per heavy atom. The summed E-state index contributed by atoms with van der Waals surface area (Å²) in [4.78, 5) is 12.0. The zero-order valence-corrected chi connectivity index (χ0v) is 18.6. The topological polar surface area (TPSA) is 134 Å². The summed E-state index contributed by atoms with van der Waals surface area (Å²) in [5.41, 5.74) is 2.43. The number of ether oxygens (including phenoxy) is 1. The molecule has 1 aliphatic heterocycles. The van der Waals surface area contributed by atoms with Crippen molar-refractivity contribution < 1.29 is 8.95 Å². The first-order valence-electron chi connectivity index (χ1n) is 10.4. The minimum atomic E-state index is -2.74. The Morgan fingerprint density at radius 2 is 2.00 bits per heavy atom. The molecule has 0 radical (unpaired) electrons. The Labute approximate surface area is 187 Å². The van der Waals surface area contributed by atoms with Crippen molar-refractivity contribution in [3.05, 3.63) is 42.7 Å². The van der Waals surface area contributed by atoms with Crippen molar-refractivity contribution in [1.29, 1.82) is 0 Å². The number of morpholine rings is 1. The van der Waals surface area contributed by atoms with E-state index in [0.29, 0.717) is 16.7 Å². The molecule has 11 heteroatoms. The van der Waals surface area contributed by atoms with Crippen LogP contribution in [0, 0.1) is 0 Å². The number of hydrogen-bond acceptors (Lipinski definition) is 8. The lowest BCUT2D eigenvalue weighted by molar-refractivity contribution is 0.0378. The van der Waals surface area contributed by atoms with Crippen LogP contribution in [0.25, 0.3) is 11.3 Å². The molecule has 2 aromatic heterocycles. The summed E-state index contributed by atoms with van der Waals surface area (Å²) in [5.74, 6) is 4.66. The summed E-state index contributed by atoms with van der Waals surface area (Å²) in [6, 6.07) is 8.79. The summed E-state index contributed by atoms with van der Waals surface area (Å²) in [7, 11) is -2.74. The van der Waals surface area contributed by atoms with Gasteiger partial charge in [-0.15, -0.1) is 0 Å². The molecule has 170 valence electrons. The maximum absolute atomic E-state index is 11.9. The lowest BCUT2D eigenvalue weighted by atomic mass is 10.2. The van der Waals surface area contributed by atoms with Crippen LogP contribution in [0.15, 0.2) is 47.6 Å². The van der Waals surface area contributed by atoms with Gasteiger partial charge in [-0.2, -0.15) is 10.1 Å². The molecule has 1 atom stereocenters. The highest BCUT2D eigenvalue weighted by Crippen LogP contribution is 2.26. The molecule has 32 heavy (non-hydrogen) atoms. The summed E-state index contributed by atoms with van der Waals surface area (Å²) >= 11 is 0. The molecule has 0 amide bonds. The van der Waals surface area contributed by atoms with E-state index in [1.54, 1.807) is 36.7 Å². The fourth-order valence-corrected chi connectivity index (χ4v) is 4.01. The number of aromatic nitrogens is 4. The molecule has 0 saturated carbocycles. The van der Waals surface area contributed by atoms with E-state index in [1.165, 1.54) is 0 Å². The third-order valence-corrected chi connectivity index (χ3v) is 6.21. The number of hydrogen-bond donors (Lipinski definition) is 4. The molecule has 10 nitrogen and oxygen atoms in total. The van der Waals surface area contributed by atoms with E-state index >= 15 is 0 Å². The number of anilines is 3. The molecular formula is C21H28N8O2S. The average Bonchev–Trinajstić information content (AvgIpc) is 3.32. The Kier molecular flexibility index (Phi) is 7.00. The van der Waals surface area contributed by atoms with Crippen LogP contribution in [0.1, 0.15) is 6.42 Å². The van der Waals surface area contributed by atoms with Crippen molar-refractivity contribution in [2.24, 2.45) is 5.14 Å². The van der Waals surface area contributed by atoms with Gasteiger partial charge in [0.25, 0.3) is 0 Å². The van der Waals surface area contributed by atoms with Gasteiger partial charge in [-0.05, 0) is 49.2 Å². The highest BCUT2D eigenvalue weighted by atomic mass is 32.2. The van der Waals surface area contributed by atoms with Gasteiger partial charge in [0.1, 0.15) is 5.82 Å². The van der Waals surface area contributed by atoms with E-state index in [2.05, 4.69) is 41.6 Å². The van der Waals surface area contributed by atoms with Gasteiger partial charge in [0.05, 0.1) is 34.2 Å². The van der Waals surface area contributed by atoms with E-state index in [1.807, 2.05) is 6.07 Å². The van der Waals surface area contributed by atoms with Crippen molar-refractivity contribution in [3.63, 3.8) is 0 Å². The van der Waals surface area contributed by atoms with Crippen LogP contribution in [-0.4, -0.2) is 74.5 Å². The second-order valence-corrected chi connectivity index (χ2v) is 9.46. The number of nitrogens with one attached hydrogen (secondary N) is 3. The van der Waals surface area contributed by atoms with Gasteiger partial charge in [-0.1, -0.05) is 0 Å². The van der Waals surface area contributed by atoms with E-state index < -0.39 is 9.71 Å². The molecule has 4 rings (SSSR count). The second kappa shape index (κ2) is 10.1. The van der Waals surface area contributed by atoms with Crippen LogP contribution in [0.5, 0.6) is 0 Å². The Bertz CT molecular complexity index is 1110. The standard InChI is InChI=1S/C21H28N8O2S/c1-32(22,30)17-5-3-16(4-6-17)26-21-24-15-18(19-7-9-25-28-19)20(27-21)23-8-2-10-29-11-13-31-14-12-29/h3-7,9,15H,1-2,8,10-14H2,(H2,22,30)(H,25,28)(H2,23,24,26,27). The molecule has 1 fully saturated rings. The molecule has 1 unspecified atom stereocenters. The summed E-state index contributed by atoms with van der Waals surface area (Å²) in [6.45, 7) is 5.35. The monoisotopic (exact) mass is 456 g/mol. The third kappa shape index (κ3) is 5.82. The van der Waals surface area contributed by atoms with Gasteiger partial charge in [-0.25, -0.2) is 9.19 Å². The van der Waals surface area contributed by atoms with Gasteiger partial charge < -0.3 is 15.4 Å². The smallest absolute Gasteiger partial charge is 0.229 e. The van der Waals surface area contributed by atoms with E-state index in [4.69, 9.17) is 9.88 Å². The molecule has 3 aromatic rings. The third-order valence-electron chi connectivity index (χ3n) is 5.14. The van der Waals surface area contributed by atoms with Crippen molar-refractivity contribution in [3.8, 4) is 11.3 Å². The second-order valence-electron chi connectivity index (χ2n) is 7.54. The van der Waals surface area contributed by atoms with E-state index in [-0.39, 0.29) is 0 Å². The first-order chi connectivity index (χ1) is 15.5. The maximum Gasteiger partial charge on any atom is 0.229 e. The van der Waals surface area contributed by atoms with Crippen LogP contribution in [0.4, 0.5) is 17.5 Å². The molecule has 0 spiro atoms. The minimum absolute atomic E-state index is 0.444. The highest BCUT2D eigenvalue weighted by Gasteiger charge is 2.13. The van der Waals surface area contributed by atoms with Crippen LogP contribution in [-0.2, 0) is 14.4 Å². The fraction of sp³-hybridized carbons (Fsp3) is 0.333. The van der Waals surface area contributed by atoms with Gasteiger partial charge in [-0.3, -0.25) is 15.1 Å². The molecule has 5 N–H and O–H groups in total. The van der Waals surface area contributed by atoms with Gasteiger partial charge in [0.2, 0.25) is 5.95 Å². The first-order valence-corrected chi connectivity index (χ1v) is 12.2. The molecule has 3 heterocycles. The lowest BCUT2D eigenvalue weighted by Gasteiger charge is -2.26. The summed E-state index contributed by atoms with van der Waals surface area (Å²) < 4.78 is 17.3. The number of nitrogens with two attached hydrogens (primary N) is 1. The van der Waals surface area contributed by atoms with Crippen LogP contribution in [0.2, 0.25) is 0 Å². The van der Waals surface area contributed by atoms with Crippen molar-refractivity contribution >= 4 is 33.0 Å². The number of nitrogens with zero attached hydrogens (tertiary/aromatic N) is 4. The van der Waals surface area contributed by atoms with Crippen LogP contribution >= 0.6 is 0 Å². The van der Waals surface area contributed by atoms with Gasteiger partial charge >= 0.3 is 0 Å². The average molecular weight is 457 g/mol. The number of H-pyrrole nitrogens is 1. The molecule has 1 saturated heterocycles. The number of benzene rings is 1. The predicted molar refractivity (Wildman–Crippen MR) is 127 cm³/mol. The number of aromatic amines is 1. The van der Waals surface area contributed by atoms with Gasteiger partial charge in [0, 0.05) is 42.6 Å². The zero-order valence-electron chi connectivity index (χ0n) is 17.8. The minimum Gasteiger partial charge on any atom is -0.379 e. The predicted octanol–water partition coefficient (Wildman–Crippen LogP) is 1.69. The Hall–Kier alpha value is -2.99.